The van der Waals surface area contributed by atoms with Gasteiger partial charge >= 0.3 is 5.97 Å². The number of hydrogen-bond donors (Lipinski definition) is 2. The zero-order valence-electron chi connectivity index (χ0n) is 13.9. The first-order valence-corrected chi connectivity index (χ1v) is 8.24. The lowest BCUT2D eigenvalue weighted by Gasteiger charge is -2.22. The minimum Gasteiger partial charge on any atom is -0.507 e. The summed E-state index contributed by atoms with van der Waals surface area (Å²) >= 11 is 6.08. The second-order valence-corrected chi connectivity index (χ2v) is 6.60. The fourth-order valence-corrected chi connectivity index (χ4v) is 2.92. The monoisotopic (exact) mass is 352 g/mol. The Labute approximate surface area is 145 Å². The van der Waals surface area contributed by atoms with Crippen molar-refractivity contribution in [2.24, 2.45) is 5.92 Å². The van der Waals surface area contributed by atoms with Crippen molar-refractivity contribution in [1.82, 2.24) is 0 Å². The molecule has 0 bridgehead atoms. The molecule has 0 saturated heterocycles. The van der Waals surface area contributed by atoms with E-state index in [0.29, 0.717) is 12.0 Å². The van der Waals surface area contributed by atoms with Crippen molar-refractivity contribution >= 4 is 23.4 Å². The fraction of sp³-hybridized carbons (Fsp3) is 0.444. The van der Waals surface area contributed by atoms with Crippen LogP contribution in [0.2, 0.25) is 5.02 Å². The fourth-order valence-electron chi connectivity index (χ4n) is 2.70. The number of ether oxygens (including phenoxy) is 1. The van der Waals surface area contributed by atoms with Crippen molar-refractivity contribution in [3.05, 3.63) is 33.9 Å². The molecular formula is C18H21ClO5. The molecule has 0 fully saturated rings. The third-order valence-electron chi connectivity index (χ3n) is 4.42. The summed E-state index contributed by atoms with van der Waals surface area (Å²) in [5.41, 5.74) is 0.476. The molecule has 24 heavy (non-hydrogen) atoms. The number of aromatic hydroxyl groups is 2. The van der Waals surface area contributed by atoms with Crippen LogP contribution in [0.3, 0.4) is 0 Å². The van der Waals surface area contributed by atoms with Crippen LogP contribution >= 0.6 is 11.6 Å². The van der Waals surface area contributed by atoms with E-state index in [1.54, 1.807) is 13.0 Å². The predicted octanol–water partition coefficient (Wildman–Crippen LogP) is 3.78. The molecule has 1 aromatic rings. The van der Waals surface area contributed by atoms with Crippen LogP contribution < -0.4 is 0 Å². The molecule has 1 aliphatic rings. The highest BCUT2D eigenvalue weighted by Gasteiger charge is 2.27. The molecule has 2 rings (SSSR count). The number of cyclic esters (lactones) is 1. The Morgan fingerprint density at radius 3 is 2.54 bits per heavy atom. The van der Waals surface area contributed by atoms with Crippen molar-refractivity contribution in [3.8, 4) is 11.5 Å². The van der Waals surface area contributed by atoms with E-state index in [0.717, 1.165) is 12.5 Å². The minimum absolute atomic E-state index is 0.0650. The molecule has 0 aromatic heterocycles. The molecule has 0 radical (unpaired) electrons. The van der Waals surface area contributed by atoms with Gasteiger partial charge in [0.1, 0.15) is 17.6 Å². The van der Waals surface area contributed by atoms with Gasteiger partial charge in [0.2, 0.25) is 0 Å². The van der Waals surface area contributed by atoms with Gasteiger partial charge in [-0.25, -0.2) is 0 Å². The molecule has 0 spiro atoms. The number of fused-ring (bicyclic) bond motifs is 1. The summed E-state index contributed by atoms with van der Waals surface area (Å²) in [5, 5.41) is 19.8. The maximum absolute atomic E-state index is 12.7. The van der Waals surface area contributed by atoms with E-state index in [2.05, 4.69) is 0 Å². The Morgan fingerprint density at radius 1 is 1.21 bits per heavy atom. The van der Waals surface area contributed by atoms with Crippen LogP contribution in [-0.2, 0) is 16.0 Å². The zero-order valence-corrected chi connectivity index (χ0v) is 14.7. The van der Waals surface area contributed by atoms with Gasteiger partial charge in [0.25, 0.3) is 0 Å². The lowest BCUT2D eigenvalue weighted by Crippen LogP contribution is -2.24. The maximum Gasteiger partial charge on any atom is 0.310 e. The molecular weight excluding hydrogens is 332 g/mol. The van der Waals surface area contributed by atoms with E-state index in [4.69, 9.17) is 16.3 Å². The van der Waals surface area contributed by atoms with Crippen molar-refractivity contribution in [1.29, 1.82) is 0 Å². The molecule has 2 atom stereocenters. The quantitative estimate of drug-likeness (QED) is 0.694. The third kappa shape index (κ3) is 3.73. The number of rotatable bonds is 0. The number of ketones is 1. The maximum atomic E-state index is 12.7. The Kier molecular flexibility index (Phi) is 5.54. The van der Waals surface area contributed by atoms with Gasteiger partial charge in [-0.1, -0.05) is 24.6 Å². The highest BCUT2D eigenvalue weighted by atomic mass is 35.5. The van der Waals surface area contributed by atoms with Gasteiger partial charge in [0.05, 0.1) is 17.0 Å². The zero-order chi connectivity index (χ0) is 18.0. The first-order chi connectivity index (χ1) is 11.2. The number of carbonyl (C=O) groups is 2. The molecule has 5 nitrogen and oxygen atoms in total. The Bertz CT molecular complexity index is 708. The average Bonchev–Trinajstić information content (AvgIpc) is 2.50. The van der Waals surface area contributed by atoms with Gasteiger partial charge in [-0.15, -0.1) is 0 Å². The van der Waals surface area contributed by atoms with Crippen molar-refractivity contribution in [2.45, 2.75) is 46.1 Å². The van der Waals surface area contributed by atoms with Gasteiger partial charge in [-0.3, -0.25) is 9.59 Å². The van der Waals surface area contributed by atoms with Crippen molar-refractivity contribution < 1.29 is 24.5 Å². The number of allylic oxidation sites excluding steroid dienone is 2. The second kappa shape index (κ2) is 7.26. The van der Waals surface area contributed by atoms with Gasteiger partial charge < -0.3 is 14.9 Å². The predicted molar refractivity (Wildman–Crippen MR) is 90.5 cm³/mol. The Balaban J connectivity index is 2.59. The van der Waals surface area contributed by atoms with Gasteiger partial charge in [-0.2, -0.15) is 0 Å². The van der Waals surface area contributed by atoms with E-state index >= 15 is 0 Å². The second-order valence-electron chi connectivity index (χ2n) is 6.23. The Hall–Kier alpha value is -2.01. The van der Waals surface area contributed by atoms with E-state index in [-0.39, 0.29) is 40.3 Å². The van der Waals surface area contributed by atoms with E-state index in [9.17, 15) is 19.8 Å². The number of esters is 1. The van der Waals surface area contributed by atoms with Gasteiger partial charge in [0.15, 0.2) is 5.78 Å². The number of Topliss-reactive ketones (excluding diaryl/α,β-unsaturated/α-hetero) is 1. The minimum atomic E-state index is -0.558. The molecule has 0 unspecified atom stereocenters. The summed E-state index contributed by atoms with van der Waals surface area (Å²) in [4.78, 5) is 24.9. The topological polar surface area (TPSA) is 83.8 Å². The SMILES string of the molecule is C/C1=C/CC[C@H](C)[C@H](C)OC(=O)Cc2c(Cl)c(O)cc(O)c2C1=O. The number of carbonyl (C=O) groups excluding carboxylic acids is 2. The molecule has 6 heteroatoms. The molecule has 1 aromatic carbocycles. The molecule has 0 saturated carbocycles. The van der Waals surface area contributed by atoms with E-state index in [1.807, 2.05) is 13.8 Å². The molecule has 1 aliphatic heterocycles. The first-order valence-electron chi connectivity index (χ1n) is 7.86. The van der Waals surface area contributed by atoms with E-state index < -0.39 is 17.5 Å². The van der Waals surface area contributed by atoms with Crippen LogP contribution in [0.15, 0.2) is 17.7 Å². The molecule has 1 heterocycles. The lowest BCUT2D eigenvalue weighted by atomic mass is 9.93. The van der Waals surface area contributed by atoms with Crippen LogP contribution in [0.1, 0.15) is 49.5 Å². The summed E-state index contributed by atoms with van der Waals surface area (Å²) in [7, 11) is 0. The average molecular weight is 353 g/mol. The van der Waals surface area contributed by atoms with Gasteiger partial charge in [0, 0.05) is 11.6 Å². The third-order valence-corrected chi connectivity index (χ3v) is 4.84. The molecule has 0 amide bonds. The summed E-state index contributed by atoms with van der Waals surface area (Å²) < 4.78 is 5.40. The van der Waals surface area contributed by atoms with Gasteiger partial charge in [-0.05, 0) is 38.2 Å². The number of benzene rings is 1. The van der Waals surface area contributed by atoms with Crippen molar-refractivity contribution in [2.75, 3.05) is 0 Å². The normalized spacial score (nSPS) is 24.9. The van der Waals surface area contributed by atoms with Crippen LogP contribution in [0.25, 0.3) is 0 Å². The lowest BCUT2D eigenvalue weighted by molar-refractivity contribution is -0.149. The number of phenolic OH excluding ortho intramolecular Hbond substituents is 2. The molecule has 2 N–H and O–H groups in total. The summed E-state index contributed by atoms with van der Waals surface area (Å²) in [5.74, 6) is -1.63. The molecule has 130 valence electrons. The highest BCUT2D eigenvalue weighted by Crippen LogP contribution is 2.38. The standard InChI is InChI=1S/C18H21ClO5/c1-9-5-4-6-10(2)18(23)16-12(7-15(22)24-11(9)3)17(19)14(21)8-13(16)20/h6,8-9,11,20-21H,4-5,7H2,1-3H3/b10-6-/t9-,11-/m0/s1. The van der Waals surface area contributed by atoms with E-state index in [1.165, 1.54) is 0 Å². The van der Waals surface area contributed by atoms with Crippen molar-refractivity contribution in [3.63, 3.8) is 0 Å². The largest absolute Gasteiger partial charge is 0.507 e. The summed E-state index contributed by atoms with van der Waals surface area (Å²) in [6.07, 6.45) is 2.65. The van der Waals surface area contributed by atoms with Crippen LogP contribution in [0.4, 0.5) is 0 Å². The summed E-state index contributed by atoms with van der Waals surface area (Å²) in [6.45, 7) is 5.45. The summed E-state index contributed by atoms with van der Waals surface area (Å²) in [6, 6.07) is 1.01. The number of halogens is 1. The van der Waals surface area contributed by atoms with Crippen LogP contribution in [0.5, 0.6) is 11.5 Å². The highest BCUT2D eigenvalue weighted by molar-refractivity contribution is 6.34. The smallest absolute Gasteiger partial charge is 0.310 e. The Morgan fingerprint density at radius 2 is 1.88 bits per heavy atom. The number of phenols is 2. The number of hydrogen-bond acceptors (Lipinski definition) is 5. The van der Waals surface area contributed by atoms with Crippen LogP contribution in [0, 0.1) is 5.92 Å². The molecule has 0 aliphatic carbocycles. The first kappa shape index (κ1) is 18.3. The van der Waals surface area contributed by atoms with Crippen LogP contribution in [-0.4, -0.2) is 28.1 Å².